The Balaban J connectivity index is 1.57. The van der Waals surface area contributed by atoms with Crippen LogP contribution in [0.1, 0.15) is 10.4 Å². The lowest BCUT2D eigenvalue weighted by Crippen LogP contribution is -2.41. The zero-order valence-electron chi connectivity index (χ0n) is 15.4. The van der Waals surface area contributed by atoms with Gasteiger partial charge < -0.3 is 14.6 Å². The number of nitrogens with one attached hydrogen (secondary N) is 1. The van der Waals surface area contributed by atoms with E-state index in [1.54, 1.807) is 17.7 Å². The summed E-state index contributed by atoms with van der Waals surface area (Å²) in [5, 5.41) is 5.55. The van der Waals surface area contributed by atoms with Gasteiger partial charge in [-0.1, -0.05) is 24.3 Å². The summed E-state index contributed by atoms with van der Waals surface area (Å²) in [4.78, 5) is 27.4. The van der Waals surface area contributed by atoms with Crippen LogP contribution < -0.4 is 10.9 Å². The third-order valence-electron chi connectivity index (χ3n) is 5.19. The second-order valence-electron chi connectivity index (χ2n) is 6.85. The molecule has 0 bridgehead atoms. The normalized spacial score (nSPS) is 15.3. The largest absolute Gasteiger partial charge is 0.379 e. The van der Waals surface area contributed by atoms with Gasteiger partial charge in [-0.2, -0.15) is 0 Å². The fraction of sp³-hybridized carbons (Fsp3) is 0.333. The molecule has 6 nitrogen and oxygen atoms in total. The number of aryl methyl sites for hydroxylation is 1. The van der Waals surface area contributed by atoms with Crippen molar-refractivity contribution in [1.82, 2.24) is 14.8 Å². The van der Waals surface area contributed by atoms with Crippen LogP contribution in [-0.2, 0) is 11.8 Å². The number of hydrogen-bond acceptors (Lipinski definition) is 4. The fourth-order valence-corrected chi connectivity index (χ4v) is 3.63. The lowest BCUT2D eigenvalue weighted by atomic mass is 10.0. The molecule has 6 heteroatoms. The Labute approximate surface area is 157 Å². The molecule has 0 aliphatic carbocycles. The number of pyridine rings is 1. The number of fused-ring (bicyclic) bond motifs is 3. The lowest BCUT2D eigenvalue weighted by molar-refractivity contribution is 0.0383. The summed E-state index contributed by atoms with van der Waals surface area (Å²) in [5.74, 6) is -0.120. The first-order valence-corrected chi connectivity index (χ1v) is 9.25. The maximum Gasteiger partial charge on any atom is 0.258 e. The summed E-state index contributed by atoms with van der Waals surface area (Å²) in [6.45, 7) is 4.71. The highest BCUT2D eigenvalue weighted by atomic mass is 16.5. The van der Waals surface area contributed by atoms with Crippen LogP contribution in [0.4, 0.5) is 0 Å². The van der Waals surface area contributed by atoms with E-state index in [2.05, 4.69) is 10.2 Å². The lowest BCUT2D eigenvalue weighted by Gasteiger charge is -2.26. The molecule has 1 N–H and O–H groups in total. The number of amides is 1. The Bertz CT molecular complexity index is 1050. The van der Waals surface area contributed by atoms with Crippen molar-refractivity contribution >= 4 is 27.6 Å². The molecule has 3 aromatic rings. The second-order valence-corrected chi connectivity index (χ2v) is 6.85. The minimum Gasteiger partial charge on any atom is -0.379 e. The first-order chi connectivity index (χ1) is 13.1. The van der Waals surface area contributed by atoms with Gasteiger partial charge in [0.2, 0.25) is 0 Å². The molecule has 1 aromatic heterocycles. The van der Waals surface area contributed by atoms with Gasteiger partial charge in [0.25, 0.3) is 11.5 Å². The minimum atomic E-state index is -0.120. The molecule has 0 radical (unpaired) electrons. The summed E-state index contributed by atoms with van der Waals surface area (Å²) in [5.41, 5.74) is 1.28. The highest BCUT2D eigenvalue weighted by molar-refractivity contribution is 6.07. The number of carbonyl (C=O) groups is 1. The Kier molecular flexibility index (Phi) is 4.92. The average Bonchev–Trinajstić information content (AvgIpc) is 2.72. The van der Waals surface area contributed by atoms with E-state index in [0.717, 1.165) is 49.1 Å². The van der Waals surface area contributed by atoms with Gasteiger partial charge >= 0.3 is 0 Å². The zero-order valence-corrected chi connectivity index (χ0v) is 15.4. The summed E-state index contributed by atoms with van der Waals surface area (Å²) >= 11 is 0. The Morgan fingerprint density at radius 1 is 1.07 bits per heavy atom. The third kappa shape index (κ3) is 3.46. The quantitative estimate of drug-likeness (QED) is 0.716. The molecule has 1 aliphatic heterocycles. The number of aromatic nitrogens is 1. The number of ether oxygens (including phenoxy) is 1. The van der Waals surface area contributed by atoms with E-state index in [1.165, 1.54) is 0 Å². The van der Waals surface area contributed by atoms with Gasteiger partial charge in [0.1, 0.15) is 0 Å². The molecule has 140 valence electrons. The predicted octanol–water partition coefficient (Wildman–Crippen LogP) is 1.75. The summed E-state index contributed by atoms with van der Waals surface area (Å²) in [6, 6.07) is 13.1. The SMILES string of the molecule is Cn1c(=O)c2ccccc2c2ccc(C(=O)NCCN3CCOCC3)cc21. The summed E-state index contributed by atoms with van der Waals surface area (Å²) < 4.78 is 6.95. The van der Waals surface area contributed by atoms with Crippen molar-refractivity contribution in [2.24, 2.45) is 7.05 Å². The highest BCUT2D eigenvalue weighted by Gasteiger charge is 2.13. The standard InChI is InChI=1S/C21H23N3O3/c1-23-19-14-15(20(25)22-8-9-24-10-12-27-13-11-24)6-7-17(19)16-4-2-3-5-18(16)21(23)26/h2-7,14H,8-13H2,1H3,(H,22,25). The Hall–Kier alpha value is -2.70. The fourth-order valence-electron chi connectivity index (χ4n) is 3.63. The number of rotatable bonds is 4. The van der Waals surface area contributed by atoms with Crippen molar-refractivity contribution in [3.63, 3.8) is 0 Å². The van der Waals surface area contributed by atoms with Gasteiger partial charge in [0.15, 0.2) is 0 Å². The maximum absolute atomic E-state index is 12.6. The number of nitrogens with zero attached hydrogens (tertiary/aromatic N) is 2. The maximum atomic E-state index is 12.6. The molecule has 0 saturated carbocycles. The van der Waals surface area contributed by atoms with Crippen LogP contribution in [0, 0.1) is 0 Å². The molecular weight excluding hydrogens is 342 g/mol. The molecule has 1 saturated heterocycles. The highest BCUT2D eigenvalue weighted by Crippen LogP contribution is 2.23. The van der Waals surface area contributed by atoms with E-state index < -0.39 is 0 Å². The molecule has 4 rings (SSSR count). The number of hydrogen-bond donors (Lipinski definition) is 1. The van der Waals surface area contributed by atoms with E-state index in [0.29, 0.717) is 17.5 Å². The van der Waals surface area contributed by atoms with Crippen LogP contribution in [0.3, 0.4) is 0 Å². The van der Waals surface area contributed by atoms with Gasteiger partial charge in [0, 0.05) is 49.6 Å². The molecule has 1 amide bonds. The molecule has 2 aromatic carbocycles. The monoisotopic (exact) mass is 365 g/mol. The van der Waals surface area contributed by atoms with Crippen LogP contribution in [0.5, 0.6) is 0 Å². The molecule has 0 atom stereocenters. The average molecular weight is 365 g/mol. The first-order valence-electron chi connectivity index (χ1n) is 9.25. The second kappa shape index (κ2) is 7.50. The molecule has 0 spiro atoms. The van der Waals surface area contributed by atoms with Gasteiger partial charge in [-0.3, -0.25) is 14.5 Å². The molecular formula is C21H23N3O3. The van der Waals surface area contributed by atoms with Crippen molar-refractivity contribution in [3.8, 4) is 0 Å². The summed E-state index contributed by atoms with van der Waals surface area (Å²) in [7, 11) is 1.75. The van der Waals surface area contributed by atoms with Gasteiger partial charge in [-0.05, 0) is 23.6 Å². The minimum absolute atomic E-state index is 0.0528. The molecule has 1 fully saturated rings. The Morgan fingerprint density at radius 3 is 2.59 bits per heavy atom. The van der Waals surface area contributed by atoms with Crippen LogP contribution in [0.25, 0.3) is 21.7 Å². The number of carbonyl (C=O) groups excluding carboxylic acids is 1. The molecule has 1 aliphatic rings. The summed E-state index contributed by atoms with van der Waals surface area (Å²) in [6.07, 6.45) is 0. The van der Waals surface area contributed by atoms with Crippen LogP contribution in [-0.4, -0.2) is 54.8 Å². The van der Waals surface area contributed by atoms with Crippen molar-refractivity contribution < 1.29 is 9.53 Å². The number of benzene rings is 2. The third-order valence-corrected chi connectivity index (χ3v) is 5.19. The van der Waals surface area contributed by atoms with E-state index in [4.69, 9.17) is 4.74 Å². The van der Waals surface area contributed by atoms with Crippen molar-refractivity contribution in [2.75, 3.05) is 39.4 Å². The Morgan fingerprint density at radius 2 is 1.81 bits per heavy atom. The van der Waals surface area contributed by atoms with E-state index in [-0.39, 0.29) is 11.5 Å². The number of morpholine rings is 1. The van der Waals surface area contributed by atoms with Gasteiger partial charge in [-0.15, -0.1) is 0 Å². The van der Waals surface area contributed by atoms with Crippen LogP contribution in [0.2, 0.25) is 0 Å². The van der Waals surface area contributed by atoms with E-state index >= 15 is 0 Å². The van der Waals surface area contributed by atoms with Crippen molar-refractivity contribution in [1.29, 1.82) is 0 Å². The molecule has 0 unspecified atom stereocenters. The smallest absolute Gasteiger partial charge is 0.258 e. The predicted molar refractivity (Wildman–Crippen MR) is 106 cm³/mol. The van der Waals surface area contributed by atoms with Gasteiger partial charge in [-0.25, -0.2) is 0 Å². The molecule has 27 heavy (non-hydrogen) atoms. The molecule has 2 heterocycles. The van der Waals surface area contributed by atoms with Crippen LogP contribution >= 0.6 is 0 Å². The zero-order chi connectivity index (χ0) is 18.8. The first kappa shape index (κ1) is 17.7. The van der Waals surface area contributed by atoms with E-state index in [1.807, 2.05) is 36.4 Å². The topological polar surface area (TPSA) is 63.6 Å². The van der Waals surface area contributed by atoms with Crippen molar-refractivity contribution in [3.05, 3.63) is 58.4 Å². The van der Waals surface area contributed by atoms with Crippen LogP contribution in [0.15, 0.2) is 47.3 Å². The van der Waals surface area contributed by atoms with E-state index in [9.17, 15) is 9.59 Å². The van der Waals surface area contributed by atoms with Crippen molar-refractivity contribution in [2.45, 2.75) is 0 Å². The van der Waals surface area contributed by atoms with Gasteiger partial charge in [0.05, 0.1) is 18.7 Å².